The quantitative estimate of drug-likeness (QED) is 0.772. The molecule has 96 valence electrons. The lowest BCUT2D eigenvalue weighted by Gasteiger charge is -1.95. The lowest BCUT2D eigenvalue weighted by Crippen LogP contribution is -2.00. The first kappa shape index (κ1) is 11.5. The molecule has 1 aromatic carbocycles. The third kappa shape index (κ3) is 2.47. The first-order chi connectivity index (χ1) is 9.20. The zero-order chi connectivity index (χ0) is 13.2. The summed E-state index contributed by atoms with van der Waals surface area (Å²) in [5.74, 6) is 1.08. The Kier molecular flexibility index (Phi) is 2.75. The molecule has 2 aromatic heterocycles. The zero-order valence-electron chi connectivity index (χ0n) is 10.4. The molecule has 0 aliphatic carbocycles. The van der Waals surface area contributed by atoms with Crippen molar-refractivity contribution in [3.63, 3.8) is 0 Å². The summed E-state index contributed by atoms with van der Waals surface area (Å²) in [4.78, 5) is 4.34. The van der Waals surface area contributed by atoms with E-state index in [1.165, 1.54) is 5.56 Å². The monoisotopic (exact) mass is 255 g/mol. The Labute approximate surface area is 109 Å². The first-order valence-electron chi connectivity index (χ1n) is 5.88. The highest BCUT2D eigenvalue weighted by Gasteiger charge is 2.09. The smallest absolute Gasteiger partial charge is 0.248 e. The van der Waals surface area contributed by atoms with Gasteiger partial charge in [-0.3, -0.25) is 4.68 Å². The fraction of sp³-hybridized carbons (Fsp3) is 0.154. The molecule has 2 heterocycles. The van der Waals surface area contributed by atoms with Crippen LogP contribution in [0.5, 0.6) is 0 Å². The second kappa shape index (κ2) is 4.56. The fourth-order valence-corrected chi connectivity index (χ4v) is 1.74. The second-order valence-corrected chi connectivity index (χ2v) is 4.35. The summed E-state index contributed by atoms with van der Waals surface area (Å²) >= 11 is 0. The topological polar surface area (TPSA) is 82.8 Å². The van der Waals surface area contributed by atoms with Crippen molar-refractivity contribution >= 4 is 5.69 Å². The van der Waals surface area contributed by atoms with Crippen molar-refractivity contribution in [1.29, 1.82) is 0 Å². The van der Waals surface area contributed by atoms with Crippen LogP contribution in [0.25, 0.3) is 11.4 Å². The minimum atomic E-state index is 0.413. The van der Waals surface area contributed by atoms with E-state index in [1.807, 2.05) is 31.2 Å². The summed E-state index contributed by atoms with van der Waals surface area (Å²) in [5, 5.41) is 8.03. The van der Waals surface area contributed by atoms with Gasteiger partial charge in [-0.1, -0.05) is 35.0 Å². The van der Waals surface area contributed by atoms with Gasteiger partial charge in [0.05, 0.1) is 11.9 Å². The van der Waals surface area contributed by atoms with E-state index in [0.29, 0.717) is 23.9 Å². The van der Waals surface area contributed by atoms with Gasteiger partial charge in [0.25, 0.3) is 0 Å². The minimum absolute atomic E-state index is 0.413. The van der Waals surface area contributed by atoms with E-state index >= 15 is 0 Å². The molecule has 2 N–H and O–H groups in total. The molecule has 19 heavy (non-hydrogen) atoms. The molecule has 0 aliphatic heterocycles. The van der Waals surface area contributed by atoms with Crippen LogP contribution in [0.2, 0.25) is 0 Å². The normalized spacial score (nSPS) is 10.8. The van der Waals surface area contributed by atoms with Gasteiger partial charge in [0.1, 0.15) is 6.54 Å². The highest BCUT2D eigenvalue weighted by Crippen LogP contribution is 2.16. The van der Waals surface area contributed by atoms with E-state index < -0.39 is 0 Å². The number of anilines is 1. The number of hydrogen-bond donors (Lipinski definition) is 1. The van der Waals surface area contributed by atoms with Gasteiger partial charge in [0.15, 0.2) is 0 Å². The van der Waals surface area contributed by atoms with Crippen molar-refractivity contribution < 1.29 is 4.52 Å². The van der Waals surface area contributed by atoms with E-state index in [2.05, 4.69) is 15.2 Å². The standard InChI is InChI=1S/C13H13N5O/c1-9-2-4-10(5-3-9)13-16-12(19-17-13)8-18-7-11(14)6-15-18/h2-7H,8,14H2,1H3. The number of benzene rings is 1. The van der Waals surface area contributed by atoms with E-state index in [4.69, 9.17) is 10.3 Å². The van der Waals surface area contributed by atoms with Crippen LogP contribution in [0.1, 0.15) is 11.5 Å². The van der Waals surface area contributed by atoms with Crippen LogP contribution >= 0.6 is 0 Å². The molecule has 0 spiro atoms. The predicted octanol–water partition coefficient (Wildman–Crippen LogP) is 1.87. The van der Waals surface area contributed by atoms with Crippen molar-refractivity contribution in [3.05, 3.63) is 48.1 Å². The van der Waals surface area contributed by atoms with Crippen molar-refractivity contribution in [3.8, 4) is 11.4 Å². The first-order valence-corrected chi connectivity index (χ1v) is 5.88. The Morgan fingerprint density at radius 3 is 2.74 bits per heavy atom. The van der Waals surface area contributed by atoms with E-state index in [9.17, 15) is 0 Å². The Morgan fingerprint density at radius 1 is 1.26 bits per heavy atom. The molecule has 0 aliphatic rings. The maximum atomic E-state index is 5.59. The van der Waals surface area contributed by atoms with Gasteiger partial charge in [0, 0.05) is 11.8 Å². The van der Waals surface area contributed by atoms with Crippen LogP contribution < -0.4 is 5.73 Å². The van der Waals surface area contributed by atoms with Crippen LogP contribution in [-0.4, -0.2) is 19.9 Å². The third-order valence-electron chi connectivity index (χ3n) is 2.73. The molecule has 0 fully saturated rings. The van der Waals surface area contributed by atoms with Crippen LogP contribution in [-0.2, 0) is 6.54 Å². The summed E-state index contributed by atoms with van der Waals surface area (Å²) in [7, 11) is 0. The Morgan fingerprint density at radius 2 is 2.05 bits per heavy atom. The van der Waals surface area contributed by atoms with Crippen molar-refractivity contribution in [2.24, 2.45) is 0 Å². The molecule has 6 nitrogen and oxygen atoms in total. The molecule has 0 saturated heterocycles. The maximum Gasteiger partial charge on any atom is 0.248 e. The second-order valence-electron chi connectivity index (χ2n) is 4.35. The molecule has 0 bridgehead atoms. The van der Waals surface area contributed by atoms with E-state index in [-0.39, 0.29) is 0 Å². The van der Waals surface area contributed by atoms with Crippen molar-refractivity contribution in [2.75, 3.05) is 5.73 Å². The van der Waals surface area contributed by atoms with Gasteiger partial charge in [-0.05, 0) is 6.92 Å². The van der Waals surface area contributed by atoms with E-state index in [0.717, 1.165) is 5.56 Å². The zero-order valence-corrected chi connectivity index (χ0v) is 10.4. The number of aromatic nitrogens is 4. The van der Waals surface area contributed by atoms with Gasteiger partial charge < -0.3 is 10.3 Å². The molecule has 3 aromatic rings. The van der Waals surface area contributed by atoms with Crippen LogP contribution in [0, 0.1) is 6.92 Å². The number of nitrogens with zero attached hydrogens (tertiary/aromatic N) is 4. The summed E-state index contributed by atoms with van der Waals surface area (Å²) in [6, 6.07) is 7.96. The highest BCUT2D eigenvalue weighted by atomic mass is 16.5. The predicted molar refractivity (Wildman–Crippen MR) is 70.2 cm³/mol. The maximum absolute atomic E-state index is 5.59. The molecular formula is C13H13N5O. The molecule has 0 radical (unpaired) electrons. The van der Waals surface area contributed by atoms with Crippen LogP contribution in [0.3, 0.4) is 0 Å². The van der Waals surface area contributed by atoms with Gasteiger partial charge in [0.2, 0.25) is 11.7 Å². The highest BCUT2D eigenvalue weighted by molar-refractivity contribution is 5.54. The Bertz CT molecular complexity index is 683. The fourth-order valence-electron chi connectivity index (χ4n) is 1.74. The van der Waals surface area contributed by atoms with Crippen molar-refractivity contribution in [2.45, 2.75) is 13.5 Å². The average Bonchev–Trinajstić information content (AvgIpc) is 3.00. The summed E-state index contributed by atoms with van der Waals surface area (Å²) < 4.78 is 6.85. The number of nitrogens with two attached hydrogens (primary N) is 1. The van der Waals surface area contributed by atoms with Gasteiger partial charge >= 0.3 is 0 Å². The lowest BCUT2D eigenvalue weighted by atomic mass is 10.1. The number of hydrogen-bond acceptors (Lipinski definition) is 5. The molecule has 0 saturated carbocycles. The van der Waals surface area contributed by atoms with Crippen LogP contribution in [0.4, 0.5) is 5.69 Å². The Balaban J connectivity index is 1.81. The number of aryl methyl sites for hydroxylation is 1. The summed E-state index contributed by atoms with van der Waals surface area (Å²) in [6.45, 7) is 2.45. The molecule has 3 rings (SSSR count). The van der Waals surface area contributed by atoms with E-state index in [1.54, 1.807) is 17.1 Å². The SMILES string of the molecule is Cc1ccc(-c2noc(Cn3cc(N)cn3)n2)cc1. The molecular weight excluding hydrogens is 242 g/mol. The summed E-state index contributed by atoms with van der Waals surface area (Å²) in [6.07, 6.45) is 3.30. The van der Waals surface area contributed by atoms with Crippen LogP contribution in [0.15, 0.2) is 41.2 Å². The molecule has 0 amide bonds. The number of rotatable bonds is 3. The molecule has 6 heteroatoms. The molecule has 0 atom stereocenters. The average molecular weight is 255 g/mol. The number of nitrogen functional groups attached to an aromatic ring is 1. The van der Waals surface area contributed by atoms with Gasteiger partial charge in [-0.25, -0.2) is 0 Å². The minimum Gasteiger partial charge on any atom is -0.396 e. The Hall–Kier alpha value is -2.63. The van der Waals surface area contributed by atoms with Gasteiger partial charge in [-0.15, -0.1) is 0 Å². The molecule has 0 unspecified atom stereocenters. The third-order valence-corrected chi connectivity index (χ3v) is 2.73. The lowest BCUT2D eigenvalue weighted by molar-refractivity contribution is 0.366. The largest absolute Gasteiger partial charge is 0.396 e. The van der Waals surface area contributed by atoms with Crippen molar-refractivity contribution in [1.82, 2.24) is 19.9 Å². The summed E-state index contributed by atoms with van der Waals surface area (Å²) in [5.41, 5.74) is 8.33. The van der Waals surface area contributed by atoms with Gasteiger partial charge in [-0.2, -0.15) is 10.1 Å².